The third-order valence-electron chi connectivity index (χ3n) is 3.01. The zero-order chi connectivity index (χ0) is 14.5. The summed E-state index contributed by atoms with van der Waals surface area (Å²) in [6.07, 6.45) is 4.92. The first-order valence-electron chi connectivity index (χ1n) is 6.56. The Labute approximate surface area is 122 Å². The molecule has 0 saturated carbocycles. The smallest absolute Gasteiger partial charge is 0.258 e. The second kappa shape index (κ2) is 5.96. The standard InChI is InChI=1S/C17H13N3O/c21-17(20-16-8-4-5-9-19-16)15-10-14(11-18-12-15)13-6-2-1-3-7-13/h1-12H,(H,19,20,21). The highest BCUT2D eigenvalue weighted by Crippen LogP contribution is 2.19. The molecule has 0 saturated heterocycles. The summed E-state index contributed by atoms with van der Waals surface area (Å²) in [5.41, 5.74) is 2.43. The van der Waals surface area contributed by atoms with Gasteiger partial charge in [0.15, 0.2) is 0 Å². The number of hydrogen-bond donors (Lipinski definition) is 1. The van der Waals surface area contributed by atoms with E-state index in [9.17, 15) is 4.79 Å². The third-order valence-corrected chi connectivity index (χ3v) is 3.01. The predicted octanol–water partition coefficient (Wildman–Crippen LogP) is 3.40. The van der Waals surface area contributed by atoms with Gasteiger partial charge in [-0.2, -0.15) is 0 Å². The summed E-state index contributed by atoms with van der Waals surface area (Å²) >= 11 is 0. The van der Waals surface area contributed by atoms with Crippen molar-refractivity contribution in [1.82, 2.24) is 9.97 Å². The Morgan fingerprint density at radius 3 is 2.48 bits per heavy atom. The molecule has 1 amide bonds. The molecule has 0 aliphatic heterocycles. The van der Waals surface area contributed by atoms with E-state index in [0.29, 0.717) is 11.4 Å². The van der Waals surface area contributed by atoms with Gasteiger partial charge in [0.2, 0.25) is 0 Å². The first kappa shape index (κ1) is 13.0. The number of carbonyl (C=O) groups is 1. The van der Waals surface area contributed by atoms with Crippen molar-refractivity contribution in [2.45, 2.75) is 0 Å². The van der Waals surface area contributed by atoms with E-state index in [4.69, 9.17) is 0 Å². The number of hydrogen-bond acceptors (Lipinski definition) is 3. The molecule has 3 aromatic rings. The minimum atomic E-state index is -0.223. The lowest BCUT2D eigenvalue weighted by molar-refractivity contribution is 0.102. The maximum Gasteiger partial charge on any atom is 0.258 e. The summed E-state index contributed by atoms with van der Waals surface area (Å²) in [4.78, 5) is 20.4. The highest BCUT2D eigenvalue weighted by atomic mass is 16.1. The van der Waals surface area contributed by atoms with Gasteiger partial charge in [0.1, 0.15) is 5.82 Å². The summed E-state index contributed by atoms with van der Waals surface area (Å²) in [6, 6.07) is 17.0. The van der Waals surface area contributed by atoms with Crippen LogP contribution in [0.4, 0.5) is 5.82 Å². The zero-order valence-electron chi connectivity index (χ0n) is 11.2. The van der Waals surface area contributed by atoms with Crippen LogP contribution in [0.5, 0.6) is 0 Å². The molecule has 4 heteroatoms. The van der Waals surface area contributed by atoms with E-state index in [2.05, 4.69) is 15.3 Å². The highest BCUT2D eigenvalue weighted by Gasteiger charge is 2.08. The van der Waals surface area contributed by atoms with Gasteiger partial charge in [-0.1, -0.05) is 36.4 Å². The fraction of sp³-hybridized carbons (Fsp3) is 0. The van der Waals surface area contributed by atoms with Gasteiger partial charge < -0.3 is 5.32 Å². The molecule has 1 N–H and O–H groups in total. The number of rotatable bonds is 3. The lowest BCUT2D eigenvalue weighted by Crippen LogP contribution is -2.13. The van der Waals surface area contributed by atoms with Crippen LogP contribution in [0.2, 0.25) is 0 Å². The van der Waals surface area contributed by atoms with Crippen LogP contribution >= 0.6 is 0 Å². The van der Waals surface area contributed by atoms with E-state index >= 15 is 0 Å². The first-order valence-corrected chi connectivity index (χ1v) is 6.56. The molecule has 4 nitrogen and oxygen atoms in total. The lowest BCUT2D eigenvalue weighted by atomic mass is 10.1. The monoisotopic (exact) mass is 275 g/mol. The molecular formula is C17H13N3O. The largest absolute Gasteiger partial charge is 0.307 e. The van der Waals surface area contributed by atoms with Gasteiger partial charge in [0, 0.05) is 24.2 Å². The Hall–Kier alpha value is -3.01. The van der Waals surface area contributed by atoms with Gasteiger partial charge in [0.05, 0.1) is 5.56 Å². The first-order chi connectivity index (χ1) is 10.3. The Kier molecular flexibility index (Phi) is 3.69. The number of aromatic nitrogens is 2. The second-order valence-corrected chi connectivity index (χ2v) is 4.50. The Morgan fingerprint density at radius 2 is 1.71 bits per heavy atom. The molecule has 1 aromatic carbocycles. The van der Waals surface area contributed by atoms with Crippen LogP contribution < -0.4 is 5.32 Å². The van der Waals surface area contributed by atoms with E-state index in [0.717, 1.165) is 11.1 Å². The Bertz CT molecular complexity index is 742. The van der Waals surface area contributed by atoms with Crippen molar-refractivity contribution in [3.63, 3.8) is 0 Å². The number of nitrogens with zero attached hydrogens (tertiary/aromatic N) is 2. The number of amides is 1. The minimum absolute atomic E-state index is 0.223. The number of nitrogens with one attached hydrogen (secondary N) is 1. The van der Waals surface area contributed by atoms with E-state index in [1.807, 2.05) is 42.5 Å². The van der Waals surface area contributed by atoms with Gasteiger partial charge >= 0.3 is 0 Å². The molecule has 0 aliphatic carbocycles. The fourth-order valence-electron chi connectivity index (χ4n) is 1.98. The maximum absolute atomic E-state index is 12.2. The summed E-state index contributed by atoms with van der Waals surface area (Å²) in [6.45, 7) is 0. The molecule has 0 fully saturated rings. The van der Waals surface area contributed by atoms with Gasteiger partial charge in [-0.05, 0) is 23.8 Å². The Morgan fingerprint density at radius 1 is 0.905 bits per heavy atom. The average Bonchev–Trinajstić information content (AvgIpc) is 2.57. The molecule has 2 heterocycles. The van der Waals surface area contributed by atoms with Crippen molar-refractivity contribution in [1.29, 1.82) is 0 Å². The third kappa shape index (κ3) is 3.12. The van der Waals surface area contributed by atoms with Crippen LogP contribution in [0.15, 0.2) is 73.2 Å². The SMILES string of the molecule is O=C(Nc1ccccn1)c1cncc(-c2ccccc2)c1. The van der Waals surface area contributed by atoms with Crippen molar-refractivity contribution < 1.29 is 4.79 Å². The zero-order valence-corrected chi connectivity index (χ0v) is 11.2. The molecule has 2 aromatic heterocycles. The van der Waals surface area contributed by atoms with Crippen LogP contribution in [0.25, 0.3) is 11.1 Å². The van der Waals surface area contributed by atoms with Gasteiger partial charge in [-0.25, -0.2) is 4.98 Å². The molecule has 102 valence electrons. The maximum atomic E-state index is 12.2. The van der Waals surface area contributed by atoms with Gasteiger partial charge in [-0.3, -0.25) is 9.78 Å². The summed E-state index contributed by atoms with van der Waals surface area (Å²) in [5, 5.41) is 2.75. The molecule has 0 atom stereocenters. The van der Waals surface area contributed by atoms with E-state index in [-0.39, 0.29) is 5.91 Å². The molecule has 0 spiro atoms. The summed E-state index contributed by atoms with van der Waals surface area (Å²) < 4.78 is 0. The number of benzene rings is 1. The van der Waals surface area contributed by atoms with E-state index in [1.54, 1.807) is 30.7 Å². The van der Waals surface area contributed by atoms with Crippen LogP contribution in [0.3, 0.4) is 0 Å². The van der Waals surface area contributed by atoms with E-state index < -0.39 is 0 Å². The van der Waals surface area contributed by atoms with Crippen LogP contribution in [-0.2, 0) is 0 Å². The molecule has 0 bridgehead atoms. The van der Waals surface area contributed by atoms with Crippen LogP contribution in [0, 0.1) is 0 Å². The molecule has 0 radical (unpaired) electrons. The van der Waals surface area contributed by atoms with Gasteiger partial charge in [0.25, 0.3) is 5.91 Å². The fourth-order valence-corrected chi connectivity index (χ4v) is 1.98. The quantitative estimate of drug-likeness (QED) is 0.797. The molecule has 0 unspecified atom stereocenters. The topological polar surface area (TPSA) is 54.9 Å². The van der Waals surface area contributed by atoms with Crippen molar-refractivity contribution in [3.05, 3.63) is 78.8 Å². The van der Waals surface area contributed by atoms with Crippen molar-refractivity contribution in [2.75, 3.05) is 5.32 Å². The number of pyridine rings is 2. The van der Waals surface area contributed by atoms with Crippen molar-refractivity contribution in [3.8, 4) is 11.1 Å². The van der Waals surface area contributed by atoms with Crippen molar-refractivity contribution in [2.24, 2.45) is 0 Å². The normalized spacial score (nSPS) is 10.1. The average molecular weight is 275 g/mol. The Balaban J connectivity index is 1.85. The predicted molar refractivity (Wildman–Crippen MR) is 81.9 cm³/mol. The number of anilines is 1. The molecule has 21 heavy (non-hydrogen) atoms. The molecular weight excluding hydrogens is 262 g/mol. The molecule has 0 aliphatic rings. The minimum Gasteiger partial charge on any atom is -0.307 e. The second-order valence-electron chi connectivity index (χ2n) is 4.50. The molecule has 3 rings (SSSR count). The summed E-state index contributed by atoms with van der Waals surface area (Å²) in [5.74, 6) is 0.298. The van der Waals surface area contributed by atoms with Crippen LogP contribution in [0.1, 0.15) is 10.4 Å². The number of carbonyl (C=O) groups excluding carboxylic acids is 1. The van der Waals surface area contributed by atoms with E-state index in [1.165, 1.54) is 0 Å². The highest BCUT2D eigenvalue weighted by molar-refractivity contribution is 6.04. The van der Waals surface area contributed by atoms with Crippen molar-refractivity contribution >= 4 is 11.7 Å². The van der Waals surface area contributed by atoms with Gasteiger partial charge in [-0.15, -0.1) is 0 Å². The lowest BCUT2D eigenvalue weighted by Gasteiger charge is -2.06. The van der Waals surface area contributed by atoms with Crippen LogP contribution in [-0.4, -0.2) is 15.9 Å². The summed E-state index contributed by atoms with van der Waals surface area (Å²) in [7, 11) is 0.